The molecule has 0 saturated carbocycles. The van der Waals surface area contributed by atoms with E-state index in [0.29, 0.717) is 31.7 Å². The molecule has 3 rings (SSSR count). The van der Waals surface area contributed by atoms with Gasteiger partial charge in [-0.25, -0.2) is 0 Å². The highest BCUT2D eigenvalue weighted by molar-refractivity contribution is 5.96. The number of ether oxygens (including phenoxy) is 1. The van der Waals surface area contributed by atoms with Crippen LogP contribution in [-0.2, 0) is 4.74 Å². The Labute approximate surface area is 121 Å². The quantitative estimate of drug-likeness (QED) is 0.809. The summed E-state index contributed by atoms with van der Waals surface area (Å²) >= 11 is 0. The van der Waals surface area contributed by atoms with Gasteiger partial charge < -0.3 is 14.5 Å². The lowest BCUT2D eigenvalue weighted by atomic mass is 10.1. The summed E-state index contributed by atoms with van der Waals surface area (Å²) in [6.45, 7) is 2.06. The maximum absolute atomic E-state index is 12.6. The first kappa shape index (κ1) is 13.6. The van der Waals surface area contributed by atoms with Crippen molar-refractivity contribution in [1.82, 2.24) is 9.63 Å². The third-order valence-electron chi connectivity index (χ3n) is 3.59. The van der Waals surface area contributed by atoms with Crippen LogP contribution in [0, 0.1) is 0 Å². The van der Waals surface area contributed by atoms with Crippen LogP contribution in [0.5, 0.6) is 0 Å². The van der Waals surface area contributed by atoms with Gasteiger partial charge in [-0.3, -0.25) is 9.59 Å². The average molecular weight is 288 g/mol. The van der Waals surface area contributed by atoms with E-state index >= 15 is 0 Å². The molecule has 2 aromatic rings. The van der Waals surface area contributed by atoms with E-state index in [1.54, 1.807) is 23.1 Å². The molecule has 6 nitrogen and oxygen atoms in total. The van der Waals surface area contributed by atoms with Crippen molar-refractivity contribution in [2.24, 2.45) is 0 Å². The Balaban J connectivity index is 2.12. The monoisotopic (exact) mass is 288 g/mol. The smallest absolute Gasteiger partial charge is 0.291 e. The lowest BCUT2D eigenvalue weighted by Crippen LogP contribution is -2.43. The van der Waals surface area contributed by atoms with E-state index in [0.717, 1.165) is 10.1 Å². The van der Waals surface area contributed by atoms with E-state index in [4.69, 9.17) is 9.57 Å². The molecular formula is C15H16N2O4. The van der Waals surface area contributed by atoms with Crippen molar-refractivity contribution in [3.8, 4) is 0 Å². The van der Waals surface area contributed by atoms with Crippen LogP contribution in [0.4, 0.5) is 0 Å². The second-order valence-corrected chi connectivity index (χ2v) is 4.80. The van der Waals surface area contributed by atoms with Crippen LogP contribution in [0.2, 0.25) is 0 Å². The molecule has 0 radical (unpaired) electrons. The number of hydrogen-bond donors (Lipinski definition) is 0. The summed E-state index contributed by atoms with van der Waals surface area (Å²) < 4.78 is 6.30. The number of rotatable bonds is 2. The SMILES string of the molecule is COn1c(C(=O)N2CCOCC2)cc2ccccc2c1=O. The molecule has 6 heteroatoms. The zero-order valence-corrected chi connectivity index (χ0v) is 11.7. The molecule has 0 N–H and O–H groups in total. The van der Waals surface area contributed by atoms with Gasteiger partial charge in [0.05, 0.1) is 18.6 Å². The minimum atomic E-state index is -0.327. The van der Waals surface area contributed by atoms with Gasteiger partial charge in [-0.2, -0.15) is 0 Å². The zero-order chi connectivity index (χ0) is 14.8. The van der Waals surface area contributed by atoms with Gasteiger partial charge in [0.2, 0.25) is 0 Å². The number of amides is 1. The molecule has 0 bridgehead atoms. The molecule has 2 heterocycles. The van der Waals surface area contributed by atoms with Crippen molar-refractivity contribution < 1.29 is 14.4 Å². The third-order valence-corrected chi connectivity index (χ3v) is 3.59. The molecule has 1 fully saturated rings. The Morgan fingerprint density at radius 2 is 1.95 bits per heavy atom. The molecule has 0 spiro atoms. The second kappa shape index (κ2) is 5.57. The summed E-state index contributed by atoms with van der Waals surface area (Å²) in [5.41, 5.74) is -0.0877. The van der Waals surface area contributed by atoms with E-state index in [9.17, 15) is 9.59 Å². The lowest BCUT2D eigenvalue weighted by molar-refractivity contribution is 0.0271. The number of pyridine rings is 1. The van der Waals surface area contributed by atoms with Gasteiger partial charge in [0.15, 0.2) is 0 Å². The highest BCUT2D eigenvalue weighted by atomic mass is 16.7. The molecule has 0 atom stereocenters. The van der Waals surface area contributed by atoms with Crippen LogP contribution in [0.15, 0.2) is 35.1 Å². The zero-order valence-electron chi connectivity index (χ0n) is 11.7. The minimum Gasteiger partial charge on any atom is -0.413 e. The van der Waals surface area contributed by atoms with Crippen molar-refractivity contribution in [2.45, 2.75) is 0 Å². The van der Waals surface area contributed by atoms with Crippen molar-refractivity contribution in [1.29, 1.82) is 0 Å². The molecule has 1 aromatic carbocycles. The summed E-state index contributed by atoms with van der Waals surface area (Å²) in [6, 6.07) is 8.84. The van der Waals surface area contributed by atoms with Crippen LogP contribution in [0.1, 0.15) is 10.5 Å². The van der Waals surface area contributed by atoms with Gasteiger partial charge in [0, 0.05) is 13.1 Å². The average Bonchev–Trinajstić information content (AvgIpc) is 2.55. The van der Waals surface area contributed by atoms with Crippen LogP contribution >= 0.6 is 0 Å². The number of nitrogens with zero attached hydrogens (tertiary/aromatic N) is 2. The van der Waals surface area contributed by atoms with E-state index in [1.165, 1.54) is 7.11 Å². The Morgan fingerprint density at radius 1 is 1.24 bits per heavy atom. The van der Waals surface area contributed by atoms with Gasteiger partial charge in [-0.1, -0.05) is 18.2 Å². The van der Waals surface area contributed by atoms with E-state index in [2.05, 4.69) is 0 Å². The first-order valence-electron chi connectivity index (χ1n) is 6.78. The molecule has 1 amide bonds. The number of aromatic nitrogens is 1. The van der Waals surface area contributed by atoms with E-state index in [1.807, 2.05) is 12.1 Å². The maximum Gasteiger partial charge on any atom is 0.291 e. The summed E-state index contributed by atoms with van der Waals surface area (Å²) in [7, 11) is 1.38. The molecule has 1 aliphatic heterocycles. The molecular weight excluding hydrogens is 272 g/mol. The van der Waals surface area contributed by atoms with E-state index < -0.39 is 0 Å². The second-order valence-electron chi connectivity index (χ2n) is 4.80. The predicted molar refractivity (Wildman–Crippen MR) is 77.4 cm³/mol. The Kier molecular flexibility index (Phi) is 3.62. The molecule has 1 aromatic heterocycles. The highest BCUT2D eigenvalue weighted by Gasteiger charge is 2.23. The van der Waals surface area contributed by atoms with Crippen molar-refractivity contribution in [3.05, 3.63) is 46.4 Å². The number of carbonyl (C=O) groups excluding carboxylic acids is 1. The summed E-state index contributed by atoms with van der Waals surface area (Å²) in [5.74, 6) is -0.219. The van der Waals surface area contributed by atoms with E-state index in [-0.39, 0.29) is 17.2 Å². The Bertz CT molecular complexity index is 732. The summed E-state index contributed by atoms with van der Waals surface area (Å²) in [5, 5.41) is 1.25. The Hall–Kier alpha value is -2.34. The number of morpholine rings is 1. The maximum atomic E-state index is 12.6. The number of benzene rings is 1. The lowest BCUT2D eigenvalue weighted by Gasteiger charge is -2.27. The molecule has 1 saturated heterocycles. The standard InChI is InChI=1S/C15H16N2O4/c1-20-17-13(15(19)16-6-8-21-9-7-16)10-11-4-2-3-5-12(11)14(17)18/h2-5,10H,6-9H2,1H3. The highest BCUT2D eigenvalue weighted by Crippen LogP contribution is 2.14. The van der Waals surface area contributed by atoms with Crippen molar-refractivity contribution in [2.75, 3.05) is 33.4 Å². The third kappa shape index (κ3) is 2.38. The predicted octanol–water partition coefficient (Wildman–Crippen LogP) is 0.532. The molecule has 0 unspecified atom stereocenters. The van der Waals surface area contributed by atoms with Gasteiger partial charge in [-0.15, -0.1) is 4.73 Å². The largest absolute Gasteiger partial charge is 0.413 e. The van der Waals surface area contributed by atoms with Gasteiger partial charge in [0.25, 0.3) is 11.5 Å². The van der Waals surface area contributed by atoms with Crippen LogP contribution in [-0.4, -0.2) is 49.0 Å². The van der Waals surface area contributed by atoms with Crippen LogP contribution in [0.25, 0.3) is 10.8 Å². The van der Waals surface area contributed by atoms with Crippen molar-refractivity contribution in [3.63, 3.8) is 0 Å². The molecule has 21 heavy (non-hydrogen) atoms. The fourth-order valence-electron chi connectivity index (χ4n) is 2.50. The first-order valence-corrected chi connectivity index (χ1v) is 6.78. The fourth-order valence-corrected chi connectivity index (χ4v) is 2.50. The number of carbonyl (C=O) groups is 1. The normalized spacial score (nSPS) is 15.2. The van der Waals surface area contributed by atoms with Gasteiger partial charge >= 0.3 is 0 Å². The minimum absolute atomic E-state index is 0.219. The first-order chi connectivity index (χ1) is 10.2. The van der Waals surface area contributed by atoms with Crippen molar-refractivity contribution >= 4 is 16.7 Å². The summed E-state index contributed by atoms with van der Waals surface area (Å²) in [6.07, 6.45) is 0. The molecule has 110 valence electrons. The fraction of sp³-hybridized carbons (Fsp3) is 0.333. The van der Waals surface area contributed by atoms with Crippen LogP contribution < -0.4 is 10.4 Å². The van der Waals surface area contributed by atoms with Gasteiger partial charge in [0.1, 0.15) is 12.8 Å². The summed E-state index contributed by atoms with van der Waals surface area (Å²) in [4.78, 5) is 31.8. The Morgan fingerprint density at radius 3 is 2.67 bits per heavy atom. The number of hydrogen-bond acceptors (Lipinski definition) is 4. The molecule has 0 aliphatic carbocycles. The topological polar surface area (TPSA) is 60.8 Å². The number of fused-ring (bicyclic) bond motifs is 1. The molecule has 1 aliphatic rings. The van der Waals surface area contributed by atoms with Crippen LogP contribution in [0.3, 0.4) is 0 Å². The van der Waals surface area contributed by atoms with Gasteiger partial charge in [-0.05, 0) is 17.5 Å².